The lowest BCUT2D eigenvalue weighted by Crippen LogP contribution is -2.25. The molecule has 1 N–H and O–H groups in total. The molecule has 0 spiro atoms. The molecule has 0 aliphatic carbocycles. The zero-order valence-corrected chi connectivity index (χ0v) is 11.5. The number of nitrogens with zero attached hydrogens (tertiary/aromatic N) is 2. The molecule has 0 bridgehead atoms. The number of carboxylic acids is 1. The van der Waals surface area contributed by atoms with Gasteiger partial charge in [0.2, 0.25) is 0 Å². The van der Waals surface area contributed by atoms with E-state index in [1.54, 1.807) is 0 Å². The topological polar surface area (TPSA) is 53.4 Å². The van der Waals surface area contributed by atoms with Crippen LogP contribution in [0.4, 0.5) is 5.69 Å². The summed E-state index contributed by atoms with van der Waals surface area (Å²) >= 11 is 0. The van der Waals surface area contributed by atoms with Gasteiger partial charge in [0.05, 0.1) is 6.42 Å². The monoisotopic (exact) mass is 270 g/mol. The summed E-state index contributed by atoms with van der Waals surface area (Å²) in [5, 5.41) is 8.87. The van der Waals surface area contributed by atoms with Crippen molar-refractivity contribution >= 4 is 11.7 Å². The van der Waals surface area contributed by atoms with Crippen molar-refractivity contribution in [3.8, 4) is 0 Å². The Morgan fingerprint density at radius 3 is 2.55 bits per heavy atom. The summed E-state index contributed by atoms with van der Waals surface area (Å²) < 4.78 is 0. The van der Waals surface area contributed by atoms with Crippen molar-refractivity contribution in [3.63, 3.8) is 0 Å². The lowest BCUT2D eigenvalue weighted by Gasteiger charge is -2.24. The average molecular weight is 270 g/mol. The second-order valence-corrected chi connectivity index (χ2v) is 4.71. The summed E-state index contributed by atoms with van der Waals surface area (Å²) in [5.41, 5.74) is 3.07. The molecular formula is C16H18N2O2. The molecule has 0 amide bonds. The largest absolute Gasteiger partial charge is 0.481 e. The predicted molar refractivity (Wildman–Crippen MR) is 78.7 cm³/mol. The quantitative estimate of drug-likeness (QED) is 0.877. The molecule has 1 aromatic heterocycles. The molecule has 0 saturated carbocycles. The number of carboxylic acid groups (broad SMARTS) is 1. The summed E-state index contributed by atoms with van der Waals surface area (Å²) in [6.45, 7) is 3.08. The standard InChI is InChI=1S/C16H18N2O2/c1-13-7-8-14(11-17-13)12-18(10-9-16(19)20)15-5-3-2-4-6-15/h2-8,11H,9-10,12H2,1H3,(H,19,20). The highest BCUT2D eigenvalue weighted by molar-refractivity contribution is 5.67. The number of carbonyl (C=O) groups is 1. The maximum Gasteiger partial charge on any atom is 0.305 e. The van der Waals surface area contributed by atoms with Crippen LogP contribution in [-0.2, 0) is 11.3 Å². The van der Waals surface area contributed by atoms with Gasteiger partial charge < -0.3 is 10.0 Å². The minimum Gasteiger partial charge on any atom is -0.481 e. The number of aromatic nitrogens is 1. The minimum absolute atomic E-state index is 0.119. The van der Waals surface area contributed by atoms with Crippen LogP contribution in [0.15, 0.2) is 48.7 Å². The lowest BCUT2D eigenvalue weighted by atomic mass is 10.2. The number of aliphatic carboxylic acids is 1. The second-order valence-electron chi connectivity index (χ2n) is 4.71. The molecule has 1 heterocycles. The summed E-state index contributed by atoms with van der Waals surface area (Å²) in [5.74, 6) is -0.784. The third-order valence-corrected chi connectivity index (χ3v) is 3.06. The first-order chi connectivity index (χ1) is 9.65. The van der Waals surface area contributed by atoms with Gasteiger partial charge in [0.15, 0.2) is 0 Å². The van der Waals surface area contributed by atoms with E-state index in [-0.39, 0.29) is 6.42 Å². The highest BCUT2D eigenvalue weighted by atomic mass is 16.4. The number of pyridine rings is 1. The first-order valence-corrected chi connectivity index (χ1v) is 6.58. The van der Waals surface area contributed by atoms with Crippen molar-refractivity contribution in [2.24, 2.45) is 0 Å². The van der Waals surface area contributed by atoms with Gasteiger partial charge in [0.1, 0.15) is 0 Å². The smallest absolute Gasteiger partial charge is 0.305 e. The van der Waals surface area contributed by atoms with Crippen molar-refractivity contribution in [2.75, 3.05) is 11.4 Å². The van der Waals surface area contributed by atoms with Crippen LogP contribution in [0.2, 0.25) is 0 Å². The van der Waals surface area contributed by atoms with Gasteiger partial charge in [-0.25, -0.2) is 0 Å². The number of hydrogen-bond donors (Lipinski definition) is 1. The molecule has 104 valence electrons. The van der Waals surface area contributed by atoms with Gasteiger partial charge >= 0.3 is 5.97 Å². The van der Waals surface area contributed by atoms with Crippen LogP contribution < -0.4 is 4.90 Å². The molecular weight excluding hydrogens is 252 g/mol. The normalized spacial score (nSPS) is 10.2. The number of aryl methyl sites for hydroxylation is 1. The molecule has 0 unspecified atom stereocenters. The van der Waals surface area contributed by atoms with Gasteiger partial charge in [-0.1, -0.05) is 24.3 Å². The first-order valence-electron chi connectivity index (χ1n) is 6.58. The highest BCUT2D eigenvalue weighted by Gasteiger charge is 2.09. The van der Waals surface area contributed by atoms with Crippen LogP contribution >= 0.6 is 0 Å². The van der Waals surface area contributed by atoms with E-state index in [2.05, 4.69) is 9.88 Å². The van der Waals surface area contributed by atoms with E-state index in [1.165, 1.54) is 0 Å². The van der Waals surface area contributed by atoms with Crippen LogP contribution in [0.5, 0.6) is 0 Å². The summed E-state index contributed by atoms with van der Waals surface area (Å²) in [7, 11) is 0. The number of para-hydroxylation sites is 1. The van der Waals surface area contributed by atoms with Gasteiger partial charge in [-0.2, -0.15) is 0 Å². The second kappa shape index (κ2) is 6.70. The van der Waals surface area contributed by atoms with Crippen LogP contribution in [0.3, 0.4) is 0 Å². The Bertz CT molecular complexity index is 552. The van der Waals surface area contributed by atoms with Gasteiger partial charge in [0, 0.05) is 30.7 Å². The van der Waals surface area contributed by atoms with E-state index in [0.717, 1.165) is 16.9 Å². The van der Waals surface area contributed by atoms with E-state index < -0.39 is 5.97 Å². The number of rotatable bonds is 6. The number of anilines is 1. The molecule has 0 aliphatic rings. The summed E-state index contributed by atoms with van der Waals surface area (Å²) in [6, 6.07) is 13.8. The van der Waals surface area contributed by atoms with Crippen molar-refractivity contribution in [1.29, 1.82) is 0 Å². The van der Waals surface area contributed by atoms with E-state index in [4.69, 9.17) is 5.11 Å². The lowest BCUT2D eigenvalue weighted by molar-refractivity contribution is -0.136. The highest BCUT2D eigenvalue weighted by Crippen LogP contribution is 2.17. The molecule has 1 aromatic carbocycles. The van der Waals surface area contributed by atoms with Gasteiger partial charge in [-0.15, -0.1) is 0 Å². The molecule has 0 fully saturated rings. The fraction of sp³-hybridized carbons (Fsp3) is 0.250. The fourth-order valence-electron chi connectivity index (χ4n) is 1.98. The van der Waals surface area contributed by atoms with E-state index in [1.807, 2.05) is 55.6 Å². The molecule has 2 rings (SSSR count). The minimum atomic E-state index is -0.784. The Morgan fingerprint density at radius 1 is 1.20 bits per heavy atom. The Balaban J connectivity index is 2.13. The van der Waals surface area contributed by atoms with E-state index >= 15 is 0 Å². The zero-order chi connectivity index (χ0) is 14.4. The fourth-order valence-corrected chi connectivity index (χ4v) is 1.98. The van der Waals surface area contributed by atoms with E-state index in [0.29, 0.717) is 13.1 Å². The molecule has 0 radical (unpaired) electrons. The average Bonchev–Trinajstić information content (AvgIpc) is 2.46. The third-order valence-electron chi connectivity index (χ3n) is 3.06. The van der Waals surface area contributed by atoms with Gasteiger partial charge in [0.25, 0.3) is 0 Å². The van der Waals surface area contributed by atoms with Crippen LogP contribution in [-0.4, -0.2) is 22.6 Å². The summed E-state index contributed by atoms with van der Waals surface area (Å²) in [4.78, 5) is 17.1. The van der Waals surface area contributed by atoms with Crippen molar-refractivity contribution in [1.82, 2.24) is 4.98 Å². The van der Waals surface area contributed by atoms with Crippen LogP contribution in [0.1, 0.15) is 17.7 Å². The molecule has 0 aliphatic heterocycles. The molecule has 2 aromatic rings. The van der Waals surface area contributed by atoms with Crippen LogP contribution in [0.25, 0.3) is 0 Å². The maximum atomic E-state index is 10.8. The SMILES string of the molecule is Cc1ccc(CN(CCC(=O)O)c2ccccc2)cn1. The third kappa shape index (κ3) is 4.09. The van der Waals surface area contributed by atoms with E-state index in [9.17, 15) is 4.79 Å². The summed E-state index contributed by atoms with van der Waals surface area (Å²) in [6.07, 6.45) is 1.96. The Kier molecular flexibility index (Phi) is 4.71. The zero-order valence-electron chi connectivity index (χ0n) is 11.5. The number of benzene rings is 1. The molecule has 4 nitrogen and oxygen atoms in total. The van der Waals surface area contributed by atoms with Crippen molar-refractivity contribution in [3.05, 3.63) is 59.9 Å². The molecule has 20 heavy (non-hydrogen) atoms. The predicted octanol–water partition coefficient (Wildman–Crippen LogP) is 2.87. The Morgan fingerprint density at radius 2 is 1.95 bits per heavy atom. The molecule has 0 atom stereocenters. The molecule has 4 heteroatoms. The maximum absolute atomic E-state index is 10.8. The van der Waals surface area contributed by atoms with Crippen molar-refractivity contribution in [2.45, 2.75) is 19.9 Å². The van der Waals surface area contributed by atoms with Crippen molar-refractivity contribution < 1.29 is 9.90 Å². The number of hydrogen-bond acceptors (Lipinski definition) is 3. The Hall–Kier alpha value is -2.36. The Labute approximate surface area is 118 Å². The van der Waals surface area contributed by atoms with Gasteiger partial charge in [-0.05, 0) is 30.7 Å². The first kappa shape index (κ1) is 14.1. The van der Waals surface area contributed by atoms with Gasteiger partial charge in [-0.3, -0.25) is 9.78 Å². The van der Waals surface area contributed by atoms with Crippen LogP contribution in [0, 0.1) is 6.92 Å². The molecule has 0 saturated heterocycles.